The normalized spacial score (nSPS) is 17.0. The van der Waals surface area contributed by atoms with Gasteiger partial charge in [0, 0.05) is 17.8 Å². The molecule has 0 spiro atoms. The van der Waals surface area contributed by atoms with Crippen LogP contribution < -0.4 is 15.2 Å². The predicted octanol–water partition coefficient (Wildman–Crippen LogP) is 1.46. The van der Waals surface area contributed by atoms with Crippen molar-refractivity contribution in [1.82, 2.24) is 4.72 Å². The molecule has 0 saturated carbocycles. The lowest BCUT2D eigenvalue weighted by atomic mass is 10.2. The average molecular weight is 316 g/mol. The molecule has 0 bridgehead atoms. The van der Waals surface area contributed by atoms with E-state index in [2.05, 4.69) is 4.72 Å². The highest BCUT2D eigenvalue weighted by molar-refractivity contribution is 7.99. The maximum atomic E-state index is 11.9. The molecule has 1 aliphatic rings. The van der Waals surface area contributed by atoms with Gasteiger partial charge in [-0.3, -0.25) is 0 Å². The van der Waals surface area contributed by atoms with Crippen molar-refractivity contribution in [1.29, 1.82) is 0 Å². The molecular weight excluding hydrogens is 296 g/mol. The zero-order chi connectivity index (χ0) is 14.4. The molecule has 1 aliphatic heterocycles. The summed E-state index contributed by atoms with van der Waals surface area (Å²) in [5.74, 6) is 2.60. The van der Waals surface area contributed by atoms with E-state index in [1.807, 2.05) is 11.8 Å². The van der Waals surface area contributed by atoms with Gasteiger partial charge in [-0.05, 0) is 36.5 Å². The van der Waals surface area contributed by atoms with Gasteiger partial charge in [-0.1, -0.05) is 6.07 Å². The number of nitrogens with one attached hydrogen (secondary N) is 1. The van der Waals surface area contributed by atoms with Gasteiger partial charge in [0.25, 0.3) is 0 Å². The zero-order valence-electron chi connectivity index (χ0n) is 11.2. The van der Waals surface area contributed by atoms with E-state index in [1.54, 1.807) is 24.3 Å². The maximum Gasteiger partial charge on any atom is 0.215 e. The number of anilines is 1. The van der Waals surface area contributed by atoms with Crippen LogP contribution in [0.15, 0.2) is 24.3 Å². The Morgan fingerprint density at radius 1 is 1.35 bits per heavy atom. The topological polar surface area (TPSA) is 81.4 Å². The van der Waals surface area contributed by atoms with Crippen molar-refractivity contribution in [2.24, 2.45) is 0 Å². The highest BCUT2D eigenvalue weighted by Gasteiger charge is 2.20. The molecule has 1 aromatic rings. The van der Waals surface area contributed by atoms with Gasteiger partial charge >= 0.3 is 0 Å². The number of nitrogen functional groups attached to an aromatic ring is 1. The third kappa shape index (κ3) is 5.22. The number of ether oxygens (including phenoxy) is 1. The van der Waals surface area contributed by atoms with Crippen LogP contribution >= 0.6 is 11.8 Å². The van der Waals surface area contributed by atoms with Crippen molar-refractivity contribution in [3.63, 3.8) is 0 Å². The lowest BCUT2D eigenvalue weighted by Gasteiger charge is -2.22. The molecular formula is C13H20N2O3S2. The molecule has 112 valence electrons. The quantitative estimate of drug-likeness (QED) is 0.777. The molecule has 0 aromatic heterocycles. The van der Waals surface area contributed by atoms with Crippen LogP contribution in [0.25, 0.3) is 0 Å². The van der Waals surface area contributed by atoms with Crippen molar-refractivity contribution < 1.29 is 13.2 Å². The number of rotatable bonds is 6. The van der Waals surface area contributed by atoms with Crippen LogP contribution in [-0.4, -0.2) is 38.3 Å². The molecule has 1 heterocycles. The standard InChI is InChI=1S/C13H20N2O3S2/c14-11-2-1-3-13(10-11)18-6-9-20(16,17)15-12-4-7-19-8-5-12/h1-3,10,12,15H,4-9,14H2. The Morgan fingerprint density at radius 2 is 2.10 bits per heavy atom. The fourth-order valence-corrected chi connectivity index (χ4v) is 4.27. The fraction of sp³-hybridized carbons (Fsp3) is 0.538. The van der Waals surface area contributed by atoms with Gasteiger partial charge < -0.3 is 10.5 Å². The predicted molar refractivity (Wildman–Crippen MR) is 83.6 cm³/mol. The molecule has 0 unspecified atom stereocenters. The summed E-state index contributed by atoms with van der Waals surface area (Å²) in [5.41, 5.74) is 6.23. The van der Waals surface area contributed by atoms with Crippen molar-refractivity contribution in [2.45, 2.75) is 18.9 Å². The maximum absolute atomic E-state index is 11.9. The summed E-state index contributed by atoms with van der Waals surface area (Å²) in [7, 11) is -3.28. The van der Waals surface area contributed by atoms with Gasteiger partial charge in [0.1, 0.15) is 12.4 Å². The first-order chi connectivity index (χ1) is 9.55. The van der Waals surface area contributed by atoms with E-state index in [-0.39, 0.29) is 18.4 Å². The van der Waals surface area contributed by atoms with E-state index in [1.165, 1.54) is 0 Å². The summed E-state index contributed by atoms with van der Waals surface area (Å²) in [5, 5.41) is 0. The van der Waals surface area contributed by atoms with Gasteiger partial charge in [0.2, 0.25) is 10.0 Å². The zero-order valence-corrected chi connectivity index (χ0v) is 12.9. The van der Waals surface area contributed by atoms with Gasteiger partial charge in [-0.25, -0.2) is 13.1 Å². The Morgan fingerprint density at radius 3 is 2.80 bits per heavy atom. The van der Waals surface area contributed by atoms with E-state index in [9.17, 15) is 8.42 Å². The third-order valence-electron chi connectivity index (χ3n) is 3.05. The summed E-state index contributed by atoms with van der Waals surface area (Å²) in [4.78, 5) is 0. The minimum atomic E-state index is -3.28. The average Bonchev–Trinajstić information content (AvgIpc) is 2.39. The largest absolute Gasteiger partial charge is 0.492 e. The molecule has 0 amide bonds. The van der Waals surface area contributed by atoms with E-state index < -0.39 is 10.0 Å². The summed E-state index contributed by atoms with van der Waals surface area (Å²) in [6, 6.07) is 7.05. The van der Waals surface area contributed by atoms with Crippen molar-refractivity contribution >= 4 is 27.5 Å². The second-order valence-corrected chi connectivity index (χ2v) is 7.84. The fourth-order valence-electron chi connectivity index (χ4n) is 2.00. The Labute approximate surface area is 124 Å². The Kier molecular flexibility index (Phi) is 5.56. The molecule has 7 heteroatoms. The summed E-state index contributed by atoms with van der Waals surface area (Å²) in [6.45, 7) is 0.125. The van der Waals surface area contributed by atoms with Crippen LogP contribution in [0.5, 0.6) is 5.75 Å². The molecule has 1 aromatic carbocycles. The highest BCUT2D eigenvalue weighted by Crippen LogP contribution is 2.18. The minimum Gasteiger partial charge on any atom is -0.492 e. The molecule has 5 nitrogen and oxygen atoms in total. The van der Waals surface area contributed by atoms with Crippen LogP contribution in [0.4, 0.5) is 5.69 Å². The molecule has 0 radical (unpaired) electrons. The second kappa shape index (κ2) is 7.19. The number of nitrogens with two attached hydrogens (primary N) is 1. The Hall–Kier alpha value is -0.920. The molecule has 0 atom stereocenters. The summed E-state index contributed by atoms with van der Waals surface area (Å²) >= 11 is 1.87. The van der Waals surface area contributed by atoms with Crippen LogP contribution in [0, 0.1) is 0 Å². The summed E-state index contributed by atoms with van der Waals surface area (Å²) in [6.07, 6.45) is 1.81. The number of thioether (sulfide) groups is 1. The lowest BCUT2D eigenvalue weighted by Crippen LogP contribution is -2.39. The number of hydrogen-bond donors (Lipinski definition) is 2. The van der Waals surface area contributed by atoms with E-state index in [0.717, 1.165) is 24.3 Å². The number of sulfonamides is 1. The highest BCUT2D eigenvalue weighted by atomic mass is 32.2. The van der Waals surface area contributed by atoms with Gasteiger partial charge in [0.05, 0.1) is 5.75 Å². The smallest absolute Gasteiger partial charge is 0.215 e. The first-order valence-electron chi connectivity index (χ1n) is 6.61. The molecule has 0 aliphatic carbocycles. The van der Waals surface area contributed by atoms with Crippen LogP contribution in [0.2, 0.25) is 0 Å². The molecule has 2 rings (SSSR count). The SMILES string of the molecule is Nc1cccc(OCCS(=O)(=O)NC2CCSCC2)c1. The van der Waals surface area contributed by atoms with E-state index in [4.69, 9.17) is 10.5 Å². The monoisotopic (exact) mass is 316 g/mol. The molecule has 20 heavy (non-hydrogen) atoms. The third-order valence-corrected chi connectivity index (χ3v) is 5.49. The number of benzene rings is 1. The minimum absolute atomic E-state index is 0.0363. The molecule has 1 fully saturated rings. The Bertz CT molecular complexity index is 528. The van der Waals surface area contributed by atoms with E-state index in [0.29, 0.717) is 11.4 Å². The van der Waals surface area contributed by atoms with Gasteiger partial charge in [-0.15, -0.1) is 0 Å². The molecule has 3 N–H and O–H groups in total. The molecule has 1 saturated heterocycles. The van der Waals surface area contributed by atoms with Crippen molar-refractivity contribution in [2.75, 3.05) is 29.6 Å². The summed E-state index contributed by atoms with van der Waals surface area (Å²) < 4.78 is 32.0. The van der Waals surface area contributed by atoms with Crippen LogP contribution in [0.1, 0.15) is 12.8 Å². The van der Waals surface area contributed by atoms with Crippen molar-refractivity contribution in [3.05, 3.63) is 24.3 Å². The van der Waals surface area contributed by atoms with Gasteiger partial charge in [0.15, 0.2) is 0 Å². The van der Waals surface area contributed by atoms with E-state index >= 15 is 0 Å². The Balaban J connectivity index is 1.77. The van der Waals surface area contributed by atoms with Crippen molar-refractivity contribution in [3.8, 4) is 5.75 Å². The number of hydrogen-bond acceptors (Lipinski definition) is 5. The second-order valence-electron chi connectivity index (χ2n) is 4.74. The first kappa shape index (κ1) is 15.5. The van der Waals surface area contributed by atoms with Gasteiger partial charge in [-0.2, -0.15) is 11.8 Å². The van der Waals surface area contributed by atoms with Crippen LogP contribution in [-0.2, 0) is 10.0 Å². The van der Waals surface area contributed by atoms with Crippen LogP contribution in [0.3, 0.4) is 0 Å². The lowest BCUT2D eigenvalue weighted by molar-refractivity contribution is 0.340. The first-order valence-corrected chi connectivity index (χ1v) is 9.42.